The normalized spacial score (nSPS) is 10.7. The van der Waals surface area contributed by atoms with Crippen molar-refractivity contribution in [2.45, 2.75) is 13.3 Å². The van der Waals surface area contributed by atoms with Crippen molar-refractivity contribution in [3.05, 3.63) is 52.3 Å². The van der Waals surface area contributed by atoms with E-state index < -0.39 is 0 Å². The highest BCUT2D eigenvalue weighted by molar-refractivity contribution is 9.10. The molecule has 0 bridgehead atoms. The Hall–Kier alpha value is -1.92. The van der Waals surface area contributed by atoms with Gasteiger partial charge in [-0.2, -0.15) is 0 Å². The molecule has 0 fully saturated rings. The van der Waals surface area contributed by atoms with E-state index in [2.05, 4.69) is 42.5 Å². The van der Waals surface area contributed by atoms with E-state index >= 15 is 0 Å². The van der Waals surface area contributed by atoms with Crippen LogP contribution in [-0.2, 0) is 0 Å². The maximum absolute atomic E-state index is 12.0. The third-order valence-corrected chi connectivity index (χ3v) is 4.40. The van der Waals surface area contributed by atoms with E-state index in [1.807, 2.05) is 39.2 Å². The summed E-state index contributed by atoms with van der Waals surface area (Å²) in [7, 11) is 4.03. The number of nitrogens with zero attached hydrogens (tertiary/aromatic N) is 2. The number of anilines is 2. The quantitative estimate of drug-likeness (QED) is 0.709. The standard InChI is InChI=1S/C18H23BrN4O/c1-13-11-14(5-7-16(13)19)22-15-6-8-17(21-12-15)18(24)20-9-4-10-23(2)3/h5-8,11-12,22H,4,9-10H2,1-3H3,(H,20,24). The molecule has 1 aromatic carbocycles. The predicted octanol–water partition coefficient (Wildman–Crippen LogP) is 3.58. The van der Waals surface area contributed by atoms with E-state index in [9.17, 15) is 4.79 Å². The zero-order valence-corrected chi connectivity index (χ0v) is 15.9. The Labute approximate surface area is 151 Å². The highest BCUT2D eigenvalue weighted by Gasteiger charge is 2.07. The van der Waals surface area contributed by atoms with Crippen LogP contribution in [0, 0.1) is 6.92 Å². The third-order valence-electron chi connectivity index (χ3n) is 3.51. The number of aryl methyl sites for hydroxylation is 1. The van der Waals surface area contributed by atoms with Crippen molar-refractivity contribution in [2.75, 3.05) is 32.5 Å². The van der Waals surface area contributed by atoms with Crippen LogP contribution in [0.25, 0.3) is 0 Å². The predicted molar refractivity (Wildman–Crippen MR) is 102 cm³/mol. The first-order valence-electron chi connectivity index (χ1n) is 7.88. The van der Waals surface area contributed by atoms with Gasteiger partial charge in [0.15, 0.2) is 0 Å². The van der Waals surface area contributed by atoms with Crippen LogP contribution in [0.3, 0.4) is 0 Å². The molecule has 0 saturated carbocycles. The zero-order valence-electron chi connectivity index (χ0n) is 14.3. The number of aromatic nitrogens is 1. The zero-order chi connectivity index (χ0) is 17.5. The molecule has 0 aliphatic rings. The lowest BCUT2D eigenvalue weighted by Crippen LogP contribution is -2.27. The number of carbonyl (C=O) groups excluding carboxylic acids is 1. The number of nitrogens with one attached hydrogen (secondary N) is 2. The monoisotopic (exact) mass is 390 g/mol. The Morgan fingerprint density at radius 3 is 2.58 bits per heavy atom. The number of hydrogen-bond donors (Lipinski definition) is 2. The summed E-state index contributed by atoms with van der Waals surface area (Å²) >= 11 is 3.49. The number of rotatable bonds is 7. The van der Waals surface area contributed by atoms with E-state index in [-0.39, 0.29) is 5.91 Å². The molecule has 0 aliphatic carbocycles. The number of pyridine rings is 1. The van der Waals surface area contributed by atoms with Gasteiger partial charge in [-0.1, -0.05) is 15.9 Å². The molecule has 128 valence electrons. The molecular weight excluding hydrogens is 368 g/mol. The molecule has 2 N–H and O–H groups in total. The average molecular weight is 391 g/mol. The van der Waals surface area contributed by atoms with Crippen LogP contribution < -0.4 is 10.6 Å². The summed E-state index contributed by atoms with van der Waals surface area (Å²) in [6.07, 6.45) is 2.59. The van der Waals surface area contributed by atoms with Crippen LogP contribution in [0.15, 0.2) is 41.0 Å². The van der Waals surface area contributed by atoms with E-state index in [0.29, 0.717) is 12.2 Å². The van der Waals surface area contributed by atoms with Gasteiger partial charge in [-0.15, -0.1) is 0 Å². The summed E-state index contributed by atoms with van der Waals surface area (Å²) in [5, 5.41) is 6.17. The number of benzene rings is 1. The van der Waals surface area contributed by atoms with Gasteiger partial charge in [-0.3, -0.25) is 4.79 Å². The van der Waals surface area contributed by atoms with E-state index in [1.165, 1.54) is 0 Å². The summed E-state index contributed by atoms with van der Waals surface area (Å²) < 4.78 is 1.08. The number of halogens is 1. The van der Waals surface area contributed by atoms with Crippen LogP contribution in [0.1, 0.15) is 22.5 Å². The minimum Gasteiger partial charge on any atom is -0.354 e. The lowest BCUT2D eigenvalue weighted by Gasteiger charge is -2.10. The fraction of sp³-hybridized carbons (Fsp3) is 0.333. The molecular formula is C18H23BrN4O. The van der Waals surface area contributed by atoms with Gasteiger partial charge in [0.25, 0.3) is 5.91 Å². The largest absolute Gasteiger partial charge is 0.354 e. The lowest BCUT2D eigenvalue weighted by molar-refractivity contribution is 0.0947. The number of hydrogen-bond acceptors (Lipinski definition) is 4. The van der Waals surface area contributed by atoms with Gasteiger partial charge in [0.1, 0.15) is 5.69 Å². The minimum absolute atomic E-state index is 0.139. The SMILES string of the molecule is Cc1cc(Nc2ccc(C(=O)NCCCN(C)C)nc2)ccc1Br. The summed E-state index contributed by atoms with van der Waals surface area (Å²) in [6.45, 7) is 3.64. The summed E-state index contributed by atoms with van der Waals surface area (Å²) in [5.74, 6) is -0.139. The molecule has 0 unspecified atom stereocenters. The molecule has 5 nitrogen and oxygen atoms in total. The van der Waals surface area contributed by atoms with Crippen molar-refractivity contribution in [3.8, 4) is 0 Å². The fourth-order valence-corrected chi connectivity index (χ4v) is 2.43. The fourth-order valence-electron chi connectivity index (χ4n) is 2.18. The van der Waals surface area contributed by atoms with Gasteiger partial charge in [0, 0.05) is 16.7 Å². The molecule has 0 spiro atoms. The first-order valence-corrected chi connectivity index (χ1v) is 8.67. The third kappa shape index (κ3) is 5.62. The Morgan fingerprint density at radius 1 is 1.21 bits per heavy atom. The molecule has 2 aromatic rings. The van der Waals surface area contributed by atoms with E-state index in [4.69, 9.17) is 0 Å². The minimum atomic E-state index is -0.139. The van der Waals surface area contributed by atoms with Crippen molar-refractivity contribution >= 4 is 33.2 Å². The Morgan fingerprint density at radius 2 is 1.96 bits per heavy atom. The van der Waals surface area contributed by atoms with Crippen LogP contribution in [0.2, 0.25) is 0 Å². The molecule has 2 rings (SSSR count). The molecule has 1 amide bonds. The highest BCUT2D eigenvalue weighted by atomic mass is 79.9. The topological polar surface area (TPSA) is 57.3 Å². The second-order valence-corrected chi connectivity index (χ2v) is 6.79. The van der Waals surface area contributed by atoms with Crippen LogP contribution >= 0.6 is 15.9 Å². The highest BCUT2D eigenvalue weighted by Crippen LogP contribution is 2.22. The van der Waals surface area contributed by atoms with E-state index in [1.54, 1.807) is 12.3 Å². The van der Waals surface area contributed by atoms with Gasteiger partial charge in [-0.05, 0) is 69.9 Å². The first kappa shape index (κ1) is 18.4. The Bertz CT molecular complexity index is 686. The van der Waals surface area contributed by atoms with Crippen molar-refractivity contribution in [1.29, 1.82) is 0 Å². The molecule has 0 saturated heterocycles. The van der Waals surface area contributed by atoms with Gasteiger partial charge in [0.2, 0.25) is 0 Å². The molecule has 6 heteroatoms. The summed E-state index contributed by atoms with van der Waals surface area (Å²) in [4.78, 5) is 18.4. The summed E-state index contributed by atoms with van der Waals surface area (Å²) in [5.41, 5.74) is 3.42. The van der Waals surface area contributed by atoms with Gasteiger partial charge >= 0.3 is 0 Å². The summed E-state index contributed by atoms with van der Waals surface area (Å²) in [6, 6.07) is 9.63. The molecule has 1 heterocycles. The van der Waals surface area contributed by atoms with Gasteiger partial charge in [-0.25, -0.2) is 4.98 Å². The van der Waals surface area contributed by atoms with Crippen LogP contribution in [0.4, 0.5) is 11.4 Å². The van der Waals surface area contributed by atoms with Crippen LogP contribution in [0.5, 0.6) is 0 Å². The average Bonchev–Trinajstić information content (AvgIpc) is 2.55. The lowest BCUT2D eigenvalue weighted by atomic mass is 10.2. The first-order chi connectivity index (χ1) is 11.5. The molecule has 24 heavy (non-hydrogen) atoms. The second-order valence-electron chi connectivity index (χ2n) is 5.93. The van der Waals surface area contributed by atoms with Crippen molar-refractivity contribution < 1.29 is 4.79 Å². The number of amides is 1. The maximum Gasteiger partial charge on any atom is 0.269 e. The van der Waals surface area contributed by atoms with Gasteiger partial charge < -0.3 is 15.5 Å². The molecule has 0 aliphatic heterocycles. The second kappa shape index (κ2) is 8.80. The molecule has 0 atom stereocenters. The van der Waals surface area contributed by atoms with Crippen molar-refractivity contribution in [1.82, 2.24) is 15.2 Å². The molecule has 0 radical (unpaired) electrons. The van der Waals surface area contributed by atoms with E-state index in [0.717, 1.165) is 34.4 Å². The Kier molecular flexibility index (Phi) is 6.75. The number of carbonyl (C=O) groups is 1. The molecule has 1 aromatic heterocycles. The maximum atomic E-state index is 12.0. The smallest absolute Gasteiger partial charge is 0.269 e. The van der Waals surface area contributed by atoms with Crippen LogP contribution in [-0.4, -0.2) is 43.0 Å². The van der Waals surface area contributed by atoms with Gasteiger partial charge in [0.05, 0.1) is 11.9 Å². The van der Waals surface area contributed by atoms with Crippen molar-refractivity contribution in [3.63, 3.8) is 0 Å². The Balaban J connectivity index is 1.90. The van der Waals surface area contributed by atoms with Crippen molar-refractivity contribution in [2.24, 2.45) is 0 Å².